The predicted octanol–water partition coefficient (Wildman–Crippen LogP) is 6.03. The first-order valence-corrected chi connectivity index (χ1v) is 13.2. The fourth-order valence-electron chi connectivity index (χ4n) is 4.28. The lowest BCUT2D eigenvalue weighted by Gasteiger charge is -2.35. The zero-order chi connectivity index (χ0) is 30.8. The topological polar surface area (TPSA) is 74.7 Å². The Labute approximate surface area is 237 Å². The van der Waals surface area contributed by atoms with Crippen LogP contribution in [0.1, 0.15) is 62.1 Å². The number of unbranched alkanes of at least 4 members (excludes halogenated alkanes) is 2. The minimum atomic E-state index is -4.97. The summed E-state index contributed by atoms with van der Waals surface area (Å²) < 4.78 is 84.1. The van der Waals surface area contributed by atoms with Crippen molar-refractivity contribution in [1.29, 1.82) is 0 Å². The van der Waals surface area contributed by atoms with Crippen molar-refractivity contribution in [1.82, 2.24) is 14.9 Å². The number of nitrogens with zero attached hydrogens (tertiary/aromatic N) is 3. The van der Waals surface area contributed by atoms with Gasteiger partial charge < -0.3 is 19.6 Å². The number of hydroxylamine groups is 2. The van der Waals surface area contributed by atoms with Crippen molar-refractivity contribution in [2.45, 2.75) is 69.8 Å². The normalized spacial score (nSPS) is 16.3. The molecule has 8 nitrogen and oxygen atoms in total. The lowest BCUT2D eigenvalue weighted by atomic mass is 9.73. The van der Waals surface area contributed by atoms with Crippen LogP contribution in [0.3, 0.4) is 0 Å². The molecule has 2 rings (SSSR count). The molecule has 2 radical (unpaired) electrons. The molecular weight excluding hydrogens is 559 g/mol. The monoisotopic (exact) mass is 595 g/mol. The van der Waals surface area contributed by atoms with Gasteiger partial charge in [0.15, 0.2) is 0 Å². The third kappa shape index (κ3) is 11.6. The average molecular weight is 595 g/mol. The molecule has 0 aliphatic carbocycles. The average Bonchev–Trinajstić information content (AvgIpc) is 2.88. The summed E-state index contributed by atoms with van der Waals surface area (Å²) in [6.45, 7) is 6.12. The highest BCUT2D eigenvalue weighted by molar-refractivity contribution is 6.14. The Kier molecular flexibility index (Phi) is 12.6. The van der Waals surface area contributed by atoms with Gasteiger partial charge in [0.2, 0.25) is 0 Å². The van der Waals surface area contributed by atoms with Crippen LogP contribution in [-0.4, -0.2) is 79.2 Å². The van der Waals surface area contributed by atoms with Crippen molar-refractivity contribution < 1.29 is 50.9 Å². The Morgan fingerprint density at radius 2 is 1.56 bits per heavy atom. The molecule has 0 spiro atoms. The van der Waals surface area contributed by atoms with Crippen LogP contribution < -0.4 is 0 Å². The number of aliphatic hydroxyl groups is 1. The maximum atomic E-state index is 13.1. The quantitative estimate of drug-likeness (QED) is 0.0708. The van der Waals surface area contributed by atoms with E-state index in [0.717, 1.165) is 17.7 Å². The molecule has 0 saturated carbocycles. The SMILES string of the molecule is [B]C(CCCC)(CCCCOON1CCN(C(=O)N(C)Cc2cc(C(F)(F)F)cc(C(F)(F)F)c2)CC1)OC(=C)O. The van der Waals surface area contributed by atoms with Gasteiger partial charge >= 0.3 is 18.4 Å². The highest BCUT2D eigenvalue weighted by Gasteiger charge is 2.37. The molecule has 1 atom stereocenters. The summed E-state index contributed by atoms with van der Waals surface area (Å²) in [5.74, 6) is -0.432. The van der Waals surface area contributed by atoms with Crippen molar-refractivity contribution in [2.24, 2.45) is 0 Å². The van der Waals surface area contributed by atoms with Crippen molar-refractivity contribution in [3.63, 3.8) is 0 Å². The zero-order valence-electron chi connectivity index (χ0n) is 23.2. The number of piperazine rings is 1. The van der Waals surface area contributed by atoms with Gasteiger partial charge in [-0.3, -0.25) is 0 Å². The summed E-state index contributed by atoms with van der Waals surface area (Å²) >= 11 is 0. The lowest BCUT2D eigenvalue weighted by Crippen LogP contribution is -2.51. The molecule has 1 aliphatic rings. The number of aliphatic hydroxyl groups excluding tert-OH is 1. The van der Waals surface area contributed by atoms with Gasteiger partial charge in [-0.1, -0.05) is 19.8 Å². The highest BCUT2D eigenvalue weighted by atomic mass is 19.4. The van der Waals surface area contributed by atoms with E-state index in [1.54, 1.807) is 0 Å². The third-order valence-corrected chi connectivity index (χ3v) is 6.41. The highest BCUT2D eigenvalue weighted by Crippen LogP contribution is 2.36. The van der Waals surface area contributed by atoms with E-state index < -0.39 is 47.5 Å². The van der Waals surface area contributed by atoms with E-state index in [1.807, 2.05) is 6.92 Å². The van der Waals surface area contributed by atoms with Gasteiger partial charge in [0, 0.05) is 39.8 Å². The number of urea groups is 1. The molecule has 1 saturated heterocycles. The first-order chi connectivity index (χ1) is 19.0. The molecule has 2 amide bonds. The van der Waals surface area contributed by atoms with E-state index in [9.17, 15) is 36.2 Å². The summed E-state index contributed by atoms with van der Waals surface area (Å²) in [5, 5.41) is 10.8. The Balaban J connectivity index is 1.78. The summed E-state index contributed by atoms with van der Waals surface area (Å²) in [7, 11) is 7.52. The van der Waals surface area contributed by atoms with E-state index in [1.165, 1.54) is 17.0 Å². The minimum Gasteiger partial charge on any atom is -0.481 e. The molecule has 1 N–H and O–H groups in total. The molecular formula is C26H36BF6N3O5. The molecule has 1 unspecified atom stereocenters. The van der Waals surface area contributed by atoms with Crippen LogP contribution in [0.4, 0.5) is 31.1 Å². The van der Waals surface area contributed by atoms with Gasteiger partial charge in [0.25, 0.3) is 5.95 Å². The number of amides is 2. The van der Waals surface area contributed by atoms with Gasteiger partial charge in [-0.2, -0.15) is 31.4 Å². The van der Waals surface area contributed by atoms with Gasteiger partial charge in [-0.25, -0.2) is 9.68 Å². The number of alkyl halides is 6. The number of hydrogen-bond donors (Lipinski definition) is 1. The summed E-state index contributed by atoms with van der Waals surface area (Å²) in [4.78, 5) is 25.8. The number of carbonyl (C=O) groups is 1. The minimum absolute atomic E-state index is 0.0502. The van der Waals surface area contributed by atoms with Crippen molar-refractivity contribution in [3.05, 3.63) is 47.4 Å². The number of hydrogen-bond acceptors (Lipinski definition) is 6. The molecule has 1 aliphatic heterocycles. The number of benzene rings is 1. The molecule has 230 valence electrons. The fraction of sp³-hybridized carbons (Fsp3) is 0.654. The zero-order valence-corrected chi connectivity index (χ0v) is 23.2. The third-order valence-electron chi connectivity index (χ3n) is 6.41. The lowest BCUT2D eigenvalue weighted by molar-refractivity contribution is -0.430. The Morgan fingerprint density at radius 3 is 2.07 bits per heavy atom. The molecule has 1 aromatic rings. The second-order valence-electron chi connectivity index (χ2n) is 9.99. The summed E-state index contributed by atoms with van der Waals surface area (Å²) in [5.41, 5.74) is -4.17. The molecule has 0 aromatic heterocycles. The molecule has 1 heterocycles. The van der Waals surface area contributed by atoms with Crippen molar-refractivity contribution in [2.75, 3.05) is 39.8 Å². The van der Waals surface area contributed by atoms with Crippen LogP contribution in [0.25, 0.3) is 0 Å². The van der Waals surface area contributed by atoms with Crippen LogP contribution in [0.5, 0.6) is 0 Å². The van der Waals surface area contributed by atoms with Gasteiger partial charge in [0.1, 0.15) is 7.85 Å². The van der Waals surface area contributed by atoms with E-state index in [2.05, 4.69) is 6.58 Å². The smallest absolute Gasteiger partial charge is 0.416 e. The Hall–Kier alpha value is -2.65. The molecule has 1 fully saturated rings. The molecule has 15 heteroatoms. The predicted molar refractivity (Wildman–Crippen MR) is 138 cm³/mol. The van der Waals surface area contributed by atoms with Crippen LogP contribution in [0, 0.1) is 0 Å². The number of carbonyl (C=O) groups excluding carboxylic acids is 1. The van der Waals surface area contributed by atoms with E-state index >= 15 is 0 Å². The van der Waals surface area contributed by atoms with Gasteiger partial charge in [0.05, 0.1) is 23.2 Å². The van der Waals surface area contributed by atoms with Crippen LogP contribution >= 0.6 is 0 Å². The second kappa shape index (κ2) is 15.0. The van der Waals surface area contributed by atoms with Crippen LogP contribution in [-0.2, 0) is 33.5 Å². The fourth-order valence-corrected chi connectivity index (χ4v) is 4.28. The van der Waals surface area contributed by atoms with Crippen molar-refractivity contribution >= 4 is 13.9 Å². The Morgan fingerprint density at radius 1 is 1.00 bits per heavy atom. The first-order valence-electron chi connectivity index (χ1n) is 13.2. The van der Waals surface area contributed by atoms with E-state index in [-0.39, 0.29) is 44.4 Å². The van der Waals surface area contributed by atoms with Crippen LogP contribution in [0.2, 0.25) is 0 Å². The van der Waals surface area contributed by atoms with Gasteiger partial charge in [-0.05, 0) is 56.0 Å². The van der Waals surface area contributed by atoms with Crippen molar-refractivity contribution in [3.8, 4) is 0 Å². The van der Waals surface area contributed by atoms with Crippen LogP contribution in [0.15, 0.2) is 30.7 Å². The Bertz CT molecular complexity index is 973. The molecule has 0 bridgehead atoms. The summed E-state index contributed by atoms with van der Waals surface area (Å²) in [6, 6.07) is 0.723. The maximum Gasteiger partial charge on any atom is 0.416 e. The molecule has 41 heavy (non-hydrogen) atoms. The maximum absolute atomic E-state index is 13.1. The standard InChI is InChI=1S/C26H36BF6N3O5/c1-4-5-8-24(27,40-19(2)37)9-6-7-14-39-41-36-12-10-35(11-13-36)23(38)34(3)18-20-15-21(25(28,29)30)17-22(16-20)26(31,32)33/h15-17,37H,2,4-14,18H2,1,3H3. The number of ether oxygens (including phenoxy) is 1. The second-order valence-corrected chi connectivity index (χ2v) is 9.99. The first kappa shape index (κ1) is 34.6. The van der Waals surface area contributed by atoms with E-state index in [0.29, 0.717) is 37.8 Å². The summed E-state index contributed by atoms with van der Waals surface area (Å²) in [6.07, 6.45) is -5.91. The van der Waals surface area contributed by atoms with Gasteiger partial charge in [-0.15, -0.1) is 4.99 Å². The molecule has 1 aromatic carbocycles. The van der Waals surface area contributed by atoms with E-state index in [4.69, 9.17) is 22.5 Å². The largest absolute Gasteiger partial charge is 0.481 e. The number of rotatable bonds is 14. The number of halogens is 6.